The minimum Gasteiger partial charge on any atom is -0.353 e. The van der Waals surface area contributed by atoms with Crippen LogP contribution in [0.15, 0.2) is 0 Å². The van der Waals surface area contributed by atoms with Crippen LogP contribution in [-0.4, -0.2) is 11.9 Å². The lowest BCUT2D eigenvalue weighted by Gasteiger charge is -2.04. The van der Waals surface area contributed by atoms with Crippen LogP contribution < -0.4 is 5.32 Å². The van der Waals surface area contributed by atoms with Crippen LogP contribution in [0, 0.1) is 5.92 Å². The lowest BCUT2D eigenvalue weighted by Crippen LogP contribution is -2.25. The van der Waals surface area contributed by atoms with Crippen molar-refractivity contribution in [1.82, 2.24) is 5.32 Å². The minimum atomic E-state index is 0.268. The molecule has 2 heteroatoms. The second kappa shape index (κ2) is 1.72. The monoisotopic (exact) mass is 125 g/mol. The number of amides is 1. The molecule has 2 nitrogen and oxygen atoms in total. The normalized spacial score (nSPS) is 40.7. The van der Waals surface area contributed by atoms with Gasteiger partial charge in [-0.05, 0) is 18.8 Å². The van der Waals surface area contributed by atoms with Crippen molar-refractivity contribution in [3.63, 3.8) is 0 Å². The topological polar surface area (TPSA) is 29.1 Å². The maximum atomic E-state index is 10.7. The van der Waals surface area contributed by atoms with Crippen molar-refractivity contribution < 1.29 is 4.79 Å². The molecule has 1 N–H and O–H groups in total. The largest absolute Gasteiger partial charge is 0.353 e. The standard InChI is InChI=1S/C7H11NO/c9-7-4-5-2-1-3-6(5)8-7/h5-6H,1-4H2,(H,8,9). The Labute approximate surface area is 54.6 Å². The van der Waals surface area contributed by atoms with Crippen molar-refractivity contribution in [1.29, 1.82) is 0 Å². The Morgan fingerprint density at radius 1 is 1.44 bits per heavy atom. The predicted octanol–water partition coefficient (Wildman–Crippen LogP) is 0.675. The Morgan fingerprint density at radius 2 is 2.33 bits per heavy atom. The molecule has 0 bridgehead atoms. The van der Waals surface area contributed by atoms with Crippen LogP contribution in [0.4, 0.5) is 0 Å². The van der Waals surface area contributed by atoms with Crippen molar-refractivity contribution in [3.8, 4) is 0 Å². The van der Waals surface area contributed by atoms with Gasteiger partial charge < -0.3 is 5.32 Å². The molecule has 2 unspecified atom stereocenters. The van der Waals surface area contributed by atoms with Crippen molar-refractivity contribution in [3.05, 3.63) is 0 Å². The van der Waals surface area contributed by atoms with Crippen LogP contribution in [0.2, 0.25) is 0 Å². The van der Waals surface area contributed by atoms with Gasteiger partial charge in [-0.25, -0.2) is 0 Å². The molecule has 0 aromatic carbocycles. The van der Waals surface area contributed by atoms with Gasteiger partial charge in [0, 0.05) is 12.5 Å². The van der Waals surface area contributed by atoms with Crippen LogP contribution in [0.1, 0.15) is 25.7 Å². The zero-order chi connectivity index (χ0) is 6.27. The van der Waals surface area contributed by atoms with E-state index >= 15 is 0 Å². The highest BCUT2D eigenvalue weighted by molar-refractivity contribution is 5.79. The summed E-state index contributed by atoms with van der Waals surface area (Å²) < 4.78 is 0. The second-order valence-corrected chi connectivity index (χ2v) is 3.07. The van der Waals surface area contributed by atoms with Crippen molar-refractivity contribution >= 4 is 5.91 Å². The van der Waals surface area contributed by atoms with E-state index in [1.54, 1.807) is 0 Å². The molecule has 1 saturated carbocycles. The van der Waals surface area contributed by atoms with Crippen LogP contribution in [0.5, 0.6) is 0 Å². The maximum Gasteiger partial charge on any atom is 0.220 e. The Bertz CT molecular complexity index is 130. The maximum absolute atomic E-state index is 10.7. The van der Waals surface area contributed by atoms with E-state index in [0.717, 1.165) is 6.42 Å². The molecule has 1 amide bonds. The van der Waals surface area contributed by atoms with Gasteiger partial charge in [-0.3, -0.25) is 4.79 Å². The third-order valence-corrected chi connectivity index (χ3v) is 2.45. The van der Waals surface area contributed by atoms with E-state index in [1.165, 1.54) is 19.3 Å². The molecule has 2 rings (SSSR count). The van der Waals surface area contributed by atoms with Gasteiger partial charge >= 0.3 is 0 Å². The van der Waals surface area contributed by atoms with Crippen LogP contribution in [-0.2, 0) is 4.79 Å². The first-order valence-corrected chi connectivity index (χ1v) is 3.65. The highest BCUT2D eigenvalue weighted by Crippen LogP contribution is 2.32. The molecule has 2 fully saturated rings. The number of carbonyl (C=O) groups excluding carboxylic acids is 1. The molecule has 1 saturated heterocycles. The lowest BCUT2D eigenvalue weighted by atomic mass is 10.1. The Hall–Kier alpha value is -0.530. The number of fused-ring (bicyclic) bond motifs is 1. The fraction of sp³-hybridized carbons (Fsp3) is 0.857. The average Bonchev–Trinajstić information content (AvgIpc) is 2.22. The number of carbonyl (C=O) groups is 1. The number of rotatable bonds is 0. The first-order valence-electron chi connectivity index (χ1n) is 3.65. The highest BCUT2D eigenvalue weighted by atomic mass is 16.2. The summed E-state index contributed by atoms with van der Waals surface area (Å²) in [5.74, 6) is 0.960. The van der Waals surface area contributed by atoms with Gasteiger partial charge in [0.05, 0.1) is 0 Å². The van der Waals surface area contributed by atoms with E-state index in [1.807, 2.05) is 0 Å². The summed E-state index contributed by atoms with van der Waals surface area (Å²) in [4.78, 5) is 10.7. The summed E-state index contributed by atoms with van der Waals surface area (Å²) in [6, 6.07) is 0.553. The predicted molar refractivity (Wildman–Crippen MR) is 33.9 cm³/mol. The third-order valence-electron chi connectivity index (χ3n) is 2.45. The van der Waals surface area contributed by atoms with E-state index in [9.17, 15) is 4.79 Å². The molecule has 1 aliphatic heterocycles. The quantitative estimate of drug-likeness (QED) is 0.506. The molecule has 2 atom stereocenters. The van der Waals surface area contributed by atoms with Gasteiger partial charge in [-0.15, -0.1) is 0 Å². The summed E-state index contributed by atoms with van der Waals surface area (Å²) in [5.41, 5.74) is 0. The van der Waals surface area contributed by atoms with Gasteiger partial charge in [0.2, 0.25) is 5.91 Å². The Morgan fingerprint density at radius 3 is 3.11 bits per heavy atom. The van der Waals surface area contributed by atoms with Crippen molar-refractivity contribution in [2.24, 2.45) is 5.92 Å². The first kappa shape index (κ1) is 5.27. The van der Waals surface area contributed by atoms with E-state index < -0.39 is 0 Å². The van der Waals surface area contributed by atoms with E-state index in [2.05, 4.69) is 5.32 Å². The molecular weight excluding hydrogens is 114 g/mol. The molecule has 1 aliphatic carbocycles. The second-order valence-electron chi connectivity index (χ2n) is 3.07. The zero-order valence-corrected chi connectivity index (χ0v) is 5.39. The molecule has 0 spiro atoms. The summed E-state index contributed by atoms with van der Waals surface area (Å²) in [7, 11) is 0. The smallest absolute Gasteiger partial charge is 0.220 e. The van der Waals surface area contributed by atoms with Gasteiger partial charge in [0.25, 0.3) is 0 Å². The summed E-state index contributed by atoms with van der Waals surface area (Å²) in [6.07, 6.45) is 4.60. The average molecular weight is 125 g/mol. The molecule has 9 heavy (non-hydrogen) atoms. The molecule has 0 aromatic heterocycles. The van der Waals surface area contributed by atoms with E-state index in [-0.39, 0.29) is 5.91 Å². The van der Waals surface area contributed by atoms with Gasteiger partial charge in [0.1, 0.15) is 0 Å². The van der Waals surface area contributed by atoms with Crippen LogP contribution >= 0.6 is 0 Å². The molecule has 1 heterocycles. The van der Waals surface area contributed by atoms with Gasteiger partial charge in [0.15, 0.2) is 0 Å². The van der Waals surface area contributed by atoms with Crippen molar-refractivity contribution in [2.75, 3.05) is 0 Å². The SMILES string of the molecule is O=C1CC2CCCC2N1. The summed E-state index contributed by atoms with van der Waals surface area (Å²) in [6.45, 7) is 0. The molecule has 2 aliphatic rings. The molecule has 0 aromatic rings. The summed E-state index contributed by atoms with van der Waals surface area (Å²) >= 11 is 0. The fourth-order valence-corrected chi connectivity index (χ4v) is 1.98. The third kappa shape index (κ3) is 0.732. The minimum absolute atomic E-state index is 0.268. The van der Waals surface area contributed by atoms with Crippen LogP contribution in [0.3, 0.4) is 0 Å². The van der Waals surface area contributed by atoms with E-state index in [0.29, 0.717) is 12.0 Å². The molecule has 0 radical (unpaired) electrons. The number of hydrogen-bond donors (Lipinski definition) is 1. The molecular formula is C7H11NO. The van der Waals surface area contributed by atoms with Crippen LogP contribution in [0.25, 0.3) is 0 Å². The summed E-state index contributed by atoms with van der Waals surface area (Å²) in [5, 5.41) is 2.98. The molecule has 50 valence electrons. The Kier molecular flexibility index (Phi) is 1.01. The van der Waals surface area contributed by atoms with Gasteiger partial charge in [-0.1, -0.05) is 6.42 Å². The van der Waals surface area contributed by atoms with E-state index in [4.69, 9.17) is 0 Å². The highest BCUT2D eigenvalue weighted by Gasteiger charge is 2.35. The number of hydrogen-bond acceptors (Lipinski definition) is 1. The fourth-order valence-electron chi connectivity index (χ4n) is 1.98. The lowest BCUT2D eigenvalue weighted by molar-refractivity contribution is -0.119. The van der Waals surface area contributed by atoms with Gasteiger partial charge in [-0.2, -0.15) is 0 Å². The Balaban J connectivity index is 2.09. The zero-order valence-electron chi connectivity index (χ0n) is 5.39. The first-order chi connectivity index (χ1) is 4.36. The number of nitrogens with one attached hydrogen (secondary N) is 1. The van der Waals surface area contributed by atoms with Crippen molar-refractivity contribution in [2.45, 2.75) is 31.7 Å².